The van der Waals surface area contributed by atoms with Crippen LogP contribution in [0.1, 0.15) is 72.5 Å². The van der Waals surface area contributed by atoms with Crippen molar-refractivity contribution in [1.29, 1.82) is 0 Å². The molecule has 0 radical (unpaired) electrons. The van der Waals surface area contributed by atoms with Crippen LogP contribution in [0.15, 0.2) is 34.7 Å². The lowest BCUT2D eigenvalue weighted by Gasteiger charge is -2.63. The van der Waals surface area contributed by atoms with Crippen LogP contribution in [0, 0.1) is 39.9 Å². The summed E-state index contributed by atoms with van der Waals surface area (Å²) >= 11 is 0. The quantitative estimate of drug-likeness (QED) is 0.297. The van der Waals surface area contributed by atoms with Gasteiger partial charge < -0.3 is 23.4 Å². The lowest BCUT2D eigenvalue weighted by atomic mass is 9.38. The summed E-state index contributed by atoms with van der Waals surface area (Å²) in [6.07, 6.45) is 4.06. The van der Waals surface area contributed by atoms with Gasteiger partial charge in [0.15, 0.2) is 0 Å². The second kappa shape index (κ2) is 8.54. The van der Waals surface area contributed by atoms with Crippen molar-refractivity contribution in [1.82, 2.24) is 0 Å². The second-order valence-corrected chi connectivity index (χ2v) is 13.6. The van der Waals surface area contributed by atoms with Gasteiger partial charge in [-0.25, -0.2) is 4.79 Å². The van der Waals surface area contributed by atoms with Crippen LogP contribution in [-0.2, 0) is 38.1 Å². The highest BCUT2D eigenvalue weighted by Gasteiger charge is 2.84. The van der Waals surface area contributed by atoms with Crippen molar-refractivity contribution in [3.05, 3.63) is 35.8 Å². The molecule has 0 amide bonds. The summed E-state index contributed by atoms with van der Waals surface area (Å²) in [4.78, 5) is 53.4. The fourth-order valence-corrected chi connectivity index (χ4v) is 9.02. The zero-order valence-electron chi connectivity index (χ0n) is 24.1. The number of furan rings is 1. The maximum absolute atomic E-state index is 14.6. The lowest BCUT2D eigenvalue weighted by molar-refractivity contribution is -0.205. The van der Waals surface area contributed by atoms with Gasteiger partial charge in [-0.2, -0.15) is 0 Å². The third-order valence-corrected chi connectivity index (χ3v) is 11.0. The van der Waals surface area contributed by atoms with Gasteiger partial charge >= 0.3 is 17.9 Å². The number of carbonyl (C=O) groups excluding carboxylic acids is 4. The van der Waals surface area contributed by atoms with Gasteiger partial charge in [-0.3, -0.25) is 14.4 Å². The number of carbonyl (C=O) groups is 4. The van der Waals surface area contributed by atoms with E-state index < -0.39 is 75.8 Å². The van der Waals surface area contributed by atoms with Crippen LogP contribution in [0.4, 0.5) is 0 Å². The van der Waals surface area contributed by atoms with Crippen molar-refractivity contribution in [2.45, 2.75) is 84.7 Å². The molecule has 1 aromatic rings. The Balaban J connectivity index is 1.52. The van der Waals surface area contributed by atoms with Crippen LogP contribution in [-0.4, -0.2) is 48.6 Å². The number of cyclic esters (lactones) is 1. The molecule has 3 heterocycles. The molecule has 9 nitrogen and oxygen atoms in total. The first-order valence-corrected chi connectivity index (χ1v) is 14.2. The monoisotopic (exact) mass is 554 g/mol. The summed E-state index contributed by atoms with van der Waals surface area (Å²) in [5, 5.41) is 0. The molecule has 40 heavy (non-hydrogen) atoms. The number of hydrogen-bond acceptors (Lipinski definition) is 9. The Morgan fingerprint density at radius 1 is 1.15 bits per heavy atom. The molecule has 4 fully saturated rings. The fourth-order valence-electron chi connectivity index (χ4n) is 9.02. The minimum absolute atomic E-state index is 0.00143. The summed E-state index contributed by atoms with van der Waals surface area (Å²) in [7, 11) is 1.34. The Labute approximate surface area is 233 Å². The van der Waals surface area contributed by atoms with Gasteiger partial charge in [0.25, 0.3) is 0 Å². The lowest BCUT2D eigenvalue weighted by Crippen LogP contribution is -2.71. The normalized spacial score (nSPS) is 42.5. The van der Waals surface area contributed by atoms with Gasteiger partial charge in [-0.05, 0) is 30.4 Å². The number of ether oxygens (including phenoxy) is 4. The molecule has 6 rings (SSSR count). The maximum atomic E-state index is 14.6. The molecule has 1 saturated heterocycles. The Bertz CT molecular complexity index is 1310. The molecule has 9 atom stereocenters. The number of epoxide rings is 1. The van der Waals surface area contributed by atoms with Gasteiger partial charge in [0, 0.05) is 40.2 Å². The molecule has 3 aliphatic carbocycles. The standard InChI is InChI=1S/C31H38O9/c1-15(2)27(35)39-25-22-23(34)30(6,18(28(25,3)4)12-20(32)36-7)17-8-10-29(5)19(31(17)26(22)40-31)13-21(33)38-24(29)16-9-11-37-14-16/h9,11,13-15,17-18,22,24-26H,8,10,12H2,1-7H3/t17-,18+,22+,24+,25-,26-,29-,30+,31?/m1/s1. The Morgan fingerprint density at radius 2 is 1.88 bits per heavy atom. The third-order valence-electron chi connectivity index (χ3n) is 11.0. The van der Waals surface area contributed by atoms with Crippen molar-refractivity contribution >= 4 is 23.7 Å². The van der Waals surface area contributed by atoms with E-state index in [1.54, 1.807) is 38.5 Å². The molecule has 1 aromatic heterocycles. The molecule has 216 valence electrons. The van der Waals surface area contributed by atoms with Crippen LogP contribution in [0.25, 0.3) is 0 Å². The van der Waals surface area contributed by atoms with E-state index in [4.69, 9.17) is 23.4 Å². The first-order chi connectivity index (χ1) is 18.7. The molecule has 3 saturated carbocycles. The zero-order chi connectivity index (χ0) is 29.0. The summed E-state index contributed by atoms with van der Waals surface area (Å²) in [5.41, 5.74) is -1.63. The van der Waals surface area contributed by atoms with Gasteiger partial charge in [-0.1, -0.05) is 41.5 Å². The number of fused-ring (bicyclic) bond motifs is 5. The number of rotatable bonds is 5. The molecule has 1 unspecified atom stereocenters. The van der Waals surface area contributed by atoms with Crippen LogP contribution in [0.2, 0.25) is 0 Å². The predicted molar refractivity (Wildman–Crippen MR) is 139 cm³/mol. The maximum Gasteiger partial charge on any atom is 0.331 e. The van der Waals surface area contributed by atoms with E-state index in [1.165, 1.54) is 7.11 Å². The van der Waals surface area contributed by atoms with Crippen molar-refractivity contribution in [2.24, 2.45) is 39.9 Å². The Hall–Kier alpha value is -2.94. The van der Waals surface area contributed by atoms with Crippen molar-refractivity contribution in [3.63, 3.8) is 0 Å². The smallest absolute Gasteiger partial charge is 0.331 e. The van der Waals surface area contributed by atoms with Crippen LogP contribution < -0.4 is 0 Å². The average molecular weight is 555 g/mol. The van der Waals surface area contributed by atoms with Gasteiger partial charge in [-0.15, -0.1) is 0 Å². The summed E-state index contributed by atoms with van der Waals surface area (Å²) in [6, 6.07) is 1.80. The van der Waals surface area contributed by atoms with Crippen molar-refractivity contribution in [2.75, 3.05) is 7.11 Å². The number of methoxy groups -OCH3 is 1. The molecule has 2 aliphatic heterocycles. The number of Topliss-reactive ketones (excluding diaryl/α,β-unsaturated/α-hetero) is 1. The Morgan fingerprint density at radius 3 is 2.50 bits per heavy atom. The summed E-state index contributed by atoms with van der Waals surface area (Å²) in [5.74, 6) is -3.23. The molecule has 0 N–H and O–H groups in total. The highest BCUT2D eigenvalue weighted by molar-refractivity contribution is 5.94. The van der Waals surface area contributed by atoms with Crippen molar-refractivity contribution in [3.8, 4) is 0 Å². The van der Waals surface area contributed by atoms with Crippen LogP contribution in [0.3, 0.4) is 0 Å². The number of hydrogen-bond donors (Lipinski definition) is 0. The van der Waals surface area contributed by atoms with Crippen LogP contribution in [0.5, 0.6) is 0 Å². The summed E-state index contributed by atoms with van der Waals surface area (Å²) in [6.45, 7) is 11.5. The fraction of sp³-hybridized carbons (Fsp3) is 0.677. The minimum atomic E-state index is -0.981. The van der Waals surface area contributed by atoms with Crippen LogP contribution >= 0.6 is 0 Å². The predicted octanol–water partition coefficient (Wildman–Crippen LogP) is 4.35. The SMILES string of the molecule is COC(=O)C[C@H]1C(C)(C)[C@H](OC(=O)C(C)C)[C@@H]2C(=O)[C@@]1(C)[C@H]1CC[C@]3(C)C(=CC(=O)O[C@H]3c3ccoc3)C13O[C@H]23. The number of ketones is 1. The average Bonchev–Trinajstić information content (AvgIpc) is 3.35. The van der Waals surface area contributed by atoms with E-state index in [1.807, 2.05) is 20.8 Å². The highest BCUT2D eigenvalue weighted by Crippen LogP contribution is 2.76. The van der Waals surface area contributed by atoms with E-state index in [0.29, 0.717) is 12.8 Å². The van der Waals surface area contributed by atoms with Gasteiger partial charge in [0.2, 0.25) is 0 Å². The number of esters is 3. The molecular formula is C31H38O9. The first kappa shape index (κ1) is 27.2. The molecule has 9 heteroatoms. The molecule has 2 bridgehead atoms. The van der Waals surface area contributed by atoms with Gasteiger partial charge in [0.05, 0.1) is 31.5 Å². The zero-order valence-corrected chi connectivity index (χ0v) is 24.1. The third kappa shape index (κ3) is 3.30. The summed E-state index contributed by atoms with van der Waals surface area (Å²) < 4.78 is 29.1. The van der Waals surface area contributed by atoms with E-state index in [0.717, 1.165) is 11.1 Å². The highest BCUT2D eigenvalue weighted by atomic mass is 16.6. The van der Waals surface area contributed by atoms with E-state index in [2.05, 4.69) is 6.92 Å². The second-order valence-electron chi connectivity index (χ2n) is 13.6. The molecular weight excluding hydrogens is 516 g/mol. The first-order valence-electron chi connectivity index (χ1n) is 14.2. The van der Waals surface area contributed by atoms with Crippen molar-refractivity contribution < 1.29 is 42.5 Å². The molecule has 5 aliphatic rings. The van der Waals surface area contributed by atoms with E-state index in [9.17, 15) is 19.2 Å². The topological polar surface area (TPSA) is 122 Å². The Kier molecular flexibility index (Phi) is 5.81. The molecule has 0 aromatic carbocycles. The van der Waals surface area contributed by atoms with E-state index >= 15 is 0 Å². The minimum Gasteiger partial charge on any atom is -0.472 e. The molecule has 1 spiro atoms. The van der Waals surface area contributed by atoms with E-state index in [-0.39, 0.29) is 18.1 Å². The largest absolute Gasteiger partial charge is 0.472 e. The van der Waals surface area contributed by atoms with Gasteiger partial charge in [0.1, 0.15) is 29.7 Å².